The Morgan fingerprint density at radius 2 is 2.21 bits per heavy atom. The molecule has 0 spiro atoms. The molecule has 0 amide bonds. The largest absolute Gasteiger partial charge is 0.364 e. The molecule has 3 nitrogen and oxygen atoms in total. The van der Waals surface area contributed by atoms with E-state index in [9.17, 15) is 0 Å². The molecular weight excluding hydrogens is 234 g/mol. The third-order valence-electron chi connectivity index (χ3n) is 4.84. The number of piperazine rings is 1. The lowest BCUT2D eigenvalue weighted by Gasteiger charge is -2.49. The van der Waals surface area contributed by atoms with Crippen LogP contribution in [0.3, 0.4) is 0 Å². The van der Waals surface area contributed by atoms with Crippen LogP contribution in [0.5, 0.6) is 0 Å². The highest BCUT2D eigenvalue weighted by atomic mass is 15.3. The Kier molecular flexibility index (Phi) is 3.25. The molecule has 1 aliphatic carbocycles. The van der Waals surface area contributed by atoms with E-state index in [-0.39, 0.29) is 5.54 Å². The van der Waals surface area contributed by atoms with Crippen molar-refractivity contribution in [1.82, 2.24) is 10.3 Å². The summed E-state index contributed by atoms with van der Waals surface area (Å²) in [5.41, 5.74) is 1.55. The zero-order valence-electron chi connectivity index (χ0n) is 12.3. The van der Waals surface area contributed by atoms with Crippen LogP contribution in [0.1, 0.15) is 33.6 Å². The number of pyridine rings is 1. The van der Waals surface area contributed by atoms with Crippen LogP contribution in [0.15, 0.2) is 24.5 Å². The lowest BCUT2D eigenvalue weighted by molar-refractivity contribution is 0.233. The molecule has 0 radical (unpaired) electrons. The Morgan fingerprint density at radius 1 is 1.42 bits per heavy atom. The van der Waals surface area contributed by atoms with Crippen LogP contribution in [0.2, 0.25) is 0 Å². The number of rotatable bonds is 3. The number of nitrogens with zero attached hydrogens (tertiary/aromatic N) is 2. The second-order valence-electron chi connectivity index (χ2n) is 6.72. The molecule has 2 heterocycles. The van der Waals surface area contributed by atoms with Gasteiger partial charge in [-0.25, -0.2) is 0 Å². The Labute approximate surface area is 116 Å². The van der Waals surface area contributed by atoms with Gasteiger partial charge in [0.05, 0.1) is 11.9 Å². The van der Waals surface area contributed by atoms with Gasteiger partial charge < -0.3 is 10.2 Å². The van der Waals surface area contributed by atoms with Crippen molar-refractivity contribution in [2.45, 2.75) is 45.2 Å². The quantitative estimate of drug-likeness (QED) is 0.904. The van der Waals surface area contributed by atoms with Crippen LogP contribution in [-0.4, -0.2) is 29.7 Å². The van der Waals surface area contributed by atoms with E-state index >= 15 is 0 Å². The lowest BCUT2D eigenvalue weighted by atomic mass is 9.88. The first-order chi connectivity index (χ1) is 9.10. The fourth-order valence-electron chi connectivity index (χ4n) is 3.37. The highest BCUT2D eigenvalue weighted by Crippen LogP contribution is 2.42. The van der Waals surface area contributed by atoms with Crippen molar-refractivity contribution in [3.05, 3.63) is 24.5 Å². The van der Waals surface area contributed by atoms with Gasteiger partial charge in [0.25, 0.3) is 0 Å². The summed E-state index contributed by atoms with van der Waals surface area (Å²) in [4.78, 5) is 6.88. The molecule has 1 saturated heterocycles. The summed E-state index contributed by atoms with van der Waals surface area (Å²) in [5, 5.41) is 3.83. The monoisotopic (exact) mass is 259 g/mol. The van der Waals surface area contributed by atoms with Crippen molar-refractivity contribution in [2.24, 2.45) is 11.8 Å². The molecule has 3 heteroatoms. The summed E-state index contributed by atoms with van der Waals surface area (Å²) in [7, 11) is 0. The third-order valence-corrected chi connectivity index (χ3v) is 4.84. The lowest BCUT2D eigenvalue weighted by Crippen LogP contribution is -2.65. The van der Waals surface area contributed by atoms with Gasteiger partial charge in [-0.1, -0.05) is 13.8 Å². The van der Waals surface area contributed by atoms with E-state index in [0.717, 1.165) is 19.0 Å². The number of anilines is 1. The summed E-state index contributed by atoms with van der Waals surface area (Å²) in [6.45, 7) is 9.21. The number of aromatic nitrogens is 1. The maximum absolute atomic E-state index is 4.30. The molecule has 2 atom stereocenters. The summed E-state index contributed by atoms with van der Waals surface area (Å²) in [6, 6.07) is 4.81. The molecule has 1 aromatic heterocycles. The molecule has 3 rings (SSSR count). The van der Waals surface area contributed by atoms with E-state index in [0.29, 0.717) is 12.0 Å². The molecule has 104 valence electrons. The average molecular weight is 259 g/mol. The maximum Gasteiger partial charge on any atom is 0.0556 e. The van der Waals surface area contributed by atoms with E-state index in [1.807, 2.05) is 18.5 Å². The smallest absolute Gasteiger partial charge is 0.0556 e. The highest BCUT2D eigenvalue weighted by molar-refractivity contribution is 5.47. The Morgan fingerprint density at radius 3 is 2.79 bits per heavy atom. The highest BCUT2D eigenvalue weighted by Gasteiger charge is 2.46. The van der Waals surface area contributed by atoms with E-state index < -0.39 is 0 Å². The first kappa shape index (κ1) is 12.9. The zero-order valence-corrected chi connectivity index (χ0v) is 12.3. The Hall–Kier alpha value is -1.09. The fraction of sp³-hybridized carbons (Fsp3) is 0.688. The summed E-state index contributed by atoms with van der Waals surface area (Å²) >= 11 is 0. The minimum absolute atomic E-state index is 0.279. The van der Waals surface area contributed by atoms with Crippen molar-refractivity contribution >= 4 is 5.69 Å². The van der Waals surface area contributed by atoms with Gasteiger partial charge in [0.1, 0.15) is 0 Å². The molecule has 1 aliphatic heterocycles. The third kappa shape index (κ3) is 2.48. The van der Waals surface area contributed by atoms with Gasteiger partial charge in [-0.05, 0) is 43.7 Å². The Balaban J connectivity index is 1.86. The fourth-order valence-corrected chi connectivity index (χ4v) is 3.37. The Bertz CT molecular complexity index is 427. The molecule has 0 bridgehead atoms. The number of hydrogen-bond acceptors (Lipinski definition) is 3. The van der Waals surface area contributed by atoms with Gasteiger partial charge in [0.15, 0.2) is 0 Å². The van der Waals surface area contributed by atoms with Crippen LogP contribution in [0.4, 0.5) is 5.69 Å². The van der Waals surface area contributed by atoms with Crippen LogP contribution >= 0.6 is 0 Å². The molecular formula is C16H25N3. The second kappa shape index (κ2) is 4.78. The molecule has 19 heavy (non-hydrogen) atoms. The van der Waals surface area contributed by atoms with Gasteiger partial charge in [-0.15, -0.1) is 0 Å². The van der Waals surface area contributed by atoms with Gasteiger partial charge >= 0.3 is 0 Å². The summed E-state index contributed by atoms with van der Waals surface area (Å²) in [6.07, 6.45) is 6.64. The van der Waals surface area contributed by atoms with Gasteiger partial charge in [-0.3, -0.25) is 4.98 Å². The SMILES string of the molecule is CC(C)C1CNC(C)(C2CC2)CN1c1cccnc1. The molecule has 2 fully saturated rings. The first-order valence-corrected chi connectivity index (χ1v) is 7.52. The predicted molar refractivity (Wildman–Crippen MR) is 79.3 cm³/mol. The van der Waals surface area contributed by atoms with E-state index in [2.05, 4.69) is 42.0 Å². The molecule has 2 unspecified atom stereocenters. The van der Waals surface area contributed by atoms with Crippen molar-refractivity contribution in [3.63, 3.8) is 0 Å². The van der Waals surface area contributed by atoms with Crippen molar-refractivity contribution in [1.29, 1.82) is 0 Å². The molecule has 2 aliphatic rings. The number of hydrogen-bond donors (Lipinski definition) is 1. The molecule has 1 N–H and O–H groups in total. The second-order valence-corrected chi connectivity index (χ2v) is 6.72. The standard InChI is InChI=1S/C16H25N3/c1-12(2)15-10-18-16(3,13-6-7-13)11-19(15)14-5-4-8-17-9-14/h4-5,8-9,12-13,15,18H,6-7,10-11H2,1-3H3. The average Bonchev–Trinajstić information content (AvgIpc) is 3.24. The maximum atomic E-state index is 4.30. The molecule has 1 aromatic rings. The summed E-state index contributed by atoms with van der Waals surface area (Å²) in [5.74, 6) is 1.51. The first-order valence-electron chi connectivity index (χ1n) is 7.52. The van der Waals surface area contributed by atoms with Gasteiger partial charge in [0, 0.05) is 30.9 Å². The van der Waals surface area contributed by atoms with Crippen LogP contribution in [0.25, 0.3) is 0 Å². The van der Waals surface area contributed by atoms with Crippen molar-refractivity contribution in [3.8, 4) is 0 Å². The zero-order chi connectivity index (χ0) is 13.5. The van der Waals surface area contributed by atoms with E-state index in [1.54, 1.807) is 0 Å². The molecule has 1 saturated carbocycles. The number of nitrogens with one attached hydrogen (secondary N) is 1. The van der Waals surface area contributed by atoms with Crippen LogP contribution in [0, 0.1) is 11.8 Å². The summed E-state index contributed by atoms with van der Waals surface area (Å²) < 4.78 is 0. The van der Waals surface area contributed by atoms with Crippen molar-refractivity contribution in [2.75, 3.05) is 18.0 Å². The van der Waals surface area contributed by atoms with E-state index in [1.165, 1.54) is 18.5 Å². The predicted octanol–water partition coefficient (Wildman–Crippen LogP) is 2.68. The minimum Gasteiger partial charge on any atom is -0.364 e. The van der Waals surface area contributed by atoms with Crippen LogP contribution < -0.4 is 10.2 Å². The topological polar surface area (TPSA) is 28.2 Å². The van der Waals surface area contributed by atoms with Gasteiger partial charge in [-0.2, -0.15) is 0 Å². The normalized spacial score (nSPS) is 31.8. The van der Waals surface area contributed by atoms with E-state index in [4.69, 9.17) is 0 Å². The van der Waals surface area contributed by atoms with Crippen molar-refractivity contribution < 1.29 is 0 Å². The molecule has 0 aromatic carbocycles. The van der Waals surface area contributed by atoms with Gasteiger partial charge in [0.2, 0.25) is 0 Å². The minimum atomic E-state index is 0.279. The van der Waals surface area contributed by atoms with Crippen LogP contribution in [-0.2, 0) is 0 Å².